The second-order valence-corrected chi connectivity index (χ2v) is 7.99. The Hall–Kier alpha value is -2.44. The summed E-state index contributed by atoms with van der Waals surface area (Å²) < 4.78 is 11.1. The first-order valence-corrected chi connectivity index (χ1v) is 9.80. The number of piperidine rings is 1. The van der Waals surface area contributed by atoms with Gasteiger partial charge >= 0.3 is 5.97 Å². The number of carbonyl (C=O) groups is 2. The number of carbonyl (C=O) groups excluding carboxylic acids is 2. The van der Waals surface area contributed by atoms with Crippen LogP contribution in [0.4, 0.5) is 0 Å². The van der Waals surface area contributed by atoms with Crippen LogP contribution in [0.2, 0.25) is 0 Å². The van der Waals surface area contributed by atoms with Crippen molar-refractivity contribution in [1.29, 1.82) is 0 Å². The average molecular weight is 380 g/mol. The number of esters is 1. The van der Waals surface area contributed by atoms with Crippen LogP contribution in [0.5, 0.6) is 0 Å². The minimum Gasteiger partial charge on any atom is -0.468 e. The van der Waals surface area contributed by atoms with Gasteiger partial charge in [0.1, 0.15) is 11.6 Å². The van der Waals surface area contributed by atoms with Crippen LogP contribution in [0.1, 0.15) is 36.6 Å². The first-order valence-electron chi connectivity index (χ1n) is 9.80. The third kappa shape index (κ3) is 2.34. The Kier molecular flexibility index (Phi) is 3.96. The van der Waals surface area contributed by atoms with Crippen LogP contribution in [0.3, 0.4) is 0 Å². The molecule has 1 N–H and O–H groups in total. The molecular formula is C22H24N2O4. The van der Waals surface area contributed by atoms with Gasteiger partial charge in [0.25, 0.3) is 0 Å². The number of aromatic amines is 1. The van der Waals surface area contributed by atoms with Crippen molar-refractivity contribution in [3.8, 4) is 0 Å². The summed E-state index contributed by atoms with van der Waals surface area (Å²) in [6.45, 7) is 0. The number of para-hydroxylation sites is 1. The highest BCUT2D eigenvalue weighted by Gasteiger charge is 2.55. The molecular weight excluding hydrogens is 356 g/mol. The van der Waals surface area contributed by atoms with Crippen LogP contribution in [0.15, 0.2) is 36.4 Å². The first-order chi connectivity index (χ1) is 13.6. The summed E-state index contributed by atoms with van der Waals surface area (Å²) in [5.74, 6) is -0.181. The molecule has 6 nitrogen and oxygen atoms in total. The number of hydrogen-bond donors (Lipinski definition) is 1. The van der Waals surface area contributed by atoms with Gasteiger partial charge in [-0.25, -0.2) is 0 Å². The van der Waals surface area contributed by atoms with E-state index in [1.165, 1.54) is 12.7 Å². The summed E-state index contributed by atoms with van der Waals surface area (Å²) >= 11 is 0. The number of methoxy groups -OCH3 is 2. The van der Waals surface area contributed by atoms with Crippen molar-refractivity contribution in [2.24, 2.45) is 0 Å². The zero-order chi connectivity index (χ0) is 19.5. The van der Waals surface area contributed by atoms with Gasteiger partial charge in [0.15, 0.2) is 5.78 Å². The van der Waals surface area contributed by atoms with Crippen molar-refractivity contribution >= 4 is 22.7 Å². The van der Waals surface area contributed by atoms with Crippen molar-refractivity contribution in [1.82, 2.24) is 9.88 Å². The lowest BCUT2D eigenvalue weighted by Gasteiger charge is -2.55. The van der Waals surface area contributed by atoms with E-state index < -0.39 is 11.6 Å². The van der Waals surface area contributed by atoms with E-state index in [1.807, 2.05) is 18.2 Å². The van der Waals surface area contributed by atoms with Gasteiger partial charge in [-0.1, -0.05) is 18.2 Å². The summed E-state index contributed by atoms with van der Waals surface area (Å²) in [6, 6.07) is 7.63. The van der Waals surface area contributed by atoms with Gasteiger partial charge in [-0.3, -0.25) is 14.5 Å². The lowest BCUT2D eigenvalue weighted by molar-refractivity contribution is -0.164. The Morgan fingerprint density at radius 3 is 2.86 bits per heavy atom. The van der Waals surface area contributed by atoms with Crippen molar-refractivity contribution in [3.05, 3.63) is 47.7 Å². The molecule has 2 aromatic rings. The van der Waals surface area contributed by atoms with Crippen LogP contribution in [0, 0.1) is 0 Å². The monoisotopic (exact) mass is 380 g/mol. The van der Waals surface area contributed by atoms with Gasteiger partial charge in [-0.2, -0.15) is 0 Å². The fraction of sp³-hybridized carbons (Fsp3) is 0.455. The number of ether oxygens (including phenoxy) is 2. The third-order valence-corrected chi connectivity index (χ3v) is 6.83. The van der Waals surface area contributed by atoms with Crippen LogP contribution in [-0.2, 0) is 25.5 Å². The van der Waals surface area contributed by atoms with Crippen molar-refractivity contribution < 1.29 is 19.1 Å². The molecule has 146 valence electrons. The number of H-pyrrole nitrogens is 1. The zero-order valence-electron chi connectivity index (χ0n) is 16.1. The minimum atomic E-state index is -0.541. The Labute approximate surface area is 163 Å². The quantitative estimate of drug-likeness (QED) is 0.811. The molecule has 1 saturated heterocycles. The SMILES string of the molecule is COC(=O)C1Cc2c([nH]c3ccccc23)C2CCC3(OC)C=CC(=O)CC3N12. The maximum absolute atomic E-state index is 12.8. The summed E-state index contributed by atoms with van der Waals surface area (Å²) in [5.41, 5.74) is 2.89. The number of allylic oxidation sites excluding steroid dienone is 1. The van der Waals surface area contributed by atoms with Gasteiger partial charge < -0.3 is 14.5 Å². The van der Waals surface area contributed by atoms with E-state index in [0.717, 1.165) is 29.4 Å². The number of ketones is 1. The predicted octanol–water partition coefficient (Wildman–Crippen LogP) is 2.69. The summed E-state index contributed by atoms with van der Waals surface area (Å²) in [4.78, 5) is 30.9. The molecule has 3 aliphatic rings. The highest BCUT2D eigenvalue weighted by Crippen LogP contribution is 2.50. The fourth-order valence-electron chi connectivity index (χ4n) is 5.51. The number of nitrogens with zero attached hydrogens (tertiary/aromatic N) is 1. The molecule has 0 radical (unpaired) electrons. The number of fused-ring (bicyclic) bond motifs is 7. The number of nitrogens with one attached hydrogen (secondary N) is 1. The fourth-order valence-corrected chi connectivity index (χ4v) is 5.51. The second kappa shape index (κ2) is 6.29. The van der Waals surface area contributed by atoms with Gasteiger partial charge in [0, 0.05) is 36.5 Å². The van der Waals surface area contributed by atoms with Crippen molar-refractivity contribution in [2.75, 3.05) is 14.2 Å². The number of hydrogen-bond acceptors (Lipinski definition) is 5. The van der Waals surface area contributed by atoms with E-state index in [0.29, 0.717) is 12.8 Å². The molecule has 1 aromatic heterocycles. The molecule has 3 heterocycles. The predicted molar refractivity (Wildman–Crippen MR) is 104 cm³/mol. The molecule has 6 heteroatoms. The van der Waals surface area contributed by atoms with E-state index in [9.17, 15) is 9.59 Å². The van der Waals surface area contributed by atoms with Crippen LogP contribution in [0.25, 0.3) is 10.9 Å². The highest BCUT2D eigenvalue weighted by atomic mass is 16.5. The zero-order valence-corrected chi connectivity index (χ0v) is 16.1. The molecule has 1 aromatic carbocycles. The Bertz CT molecular complexity index is 994. The molecule has 4 atom stereocenters. The number of benzene rings is 1. The van der Waals surface area contributed by atoms with Gasteiger partial charge in [0.2, 0.25) is 0 Å². The smallest absolute Gasteiger partial charge is 0.323 e. The molecule has 0 bridgehead atoms. The molecule has 1 aliphatic carbocycles. The van der Waals surface area contributed by atoms with Crippen molar-refractivity contribution in [3.63, 3.8) is 0 Å². The van der Waals surface area contributed by atoms with E-state index in [1.54, 1.807) is 13.2 Å². The standard InChI is InChI=1S/C22H24N2O4/c1-27-21(26)18-12-15-14-5-3-4-6-16(14)23-20(15)17-8-10-22(28-2)9-7-13(25)11-19(22)24(17)18/h3-7,9,17-19,23H,8,10-12H2,1-2H3. The van der Waals surface area contributed by atoms with Crippen molar-refractivity contribution in [2.45, 2.75) is 49.4 Å². The van der Waals surface area contributed by atoms with Gasteiger partial charge in [-0.05, 0) is 36.6 Å². The number of rotatable bonds is 2. The molecule has 2 aliphatic heterocycles. The Morgan fingerprint density at radius 2 is 2.07 bits per heavy atom. The largest absolute Gasteiger partial charge is 0.468 e. The maximum atomic E-state index is 12.8. The molecule has 28 heavy (non-hydrogen) atoms. The molecule has 1 fully saturated rings. The molecule has 0 amide bonds. The topological polar surface area (TPSA) is 71.6 Å². The van der Waals surface area contributed by atoms with E-state index in [4.69, 9.17) is 9.47 Å². The first kappa shape index (κ1) is 17.6. The van der Waals surface area contributed by atoms with Crippen LogP contribution >= 0.6 is 0 Å². The van der Waals surface area contributed by atoms with E-state index in [2.05, 4.69) is 22.0 Å². The molecule has 0 saturated carbocycles. The van der Waals surface area contributed by atoms with Crippen LogP contribution < -0.4 is 0 Å². The van der Waals surface area contributed by atoms with Gasteiger partial charge in [0.05, 0.1) is 19.2 Å². The Balaban J connectivity index is 1.68. The third-order valence-electron chi connectivity index (χ3n) is 6.83. The van der Waals surface area contributed by atoms with E-state index >= 15 is 0 Å². The summed E-state index contributed by atoms with van der Waals surface area (Å²) in [6.07, 6.45) is 6.10. The molecule has 4 unspecified atom stereocenters. The Morgan fingerprint density at radius 1 is 1.25 bits per heavy atom. The minimum absolute atomic E-state index is 0.0350. The summed E-state index contributed by atoms with van der Waals surface area (Å²) in [5, 5.41) is 1.16. The molecule has 0 spiro atoms. The highest BCUT2D eigenvalue weighted by molar-refractivity contribution is 5.92. The lowest BCUT2D eigenvalue weighted by Crippen LogP contribution is -2.65. The van der Waals surface area contributed by atoms with Gasteiger partial charge in [-0.15, -0.1) is 0 Å². The molecule has 5 rings (SSSR count). The summed E-state index contributed by atoms with van der Waals surface area (Å²) in [7, 11) is 3.13. The maximum Gasteiger partial charge on any atom is 0.323 e. The normalized spacial score (nSPS) is 31.9. The second-order valence-electron chi connectivity index (χ2n) is 7.99. The number of aromatic nitrogens is 1. The lowest BCUT2D eigenvalue weighted by atomic mass is 9.72. The van der Waals surface area contributed by atoms with Crippen LogP contribution in [-0.4, -0.2) is 53.5 Å². The average Bonchev–Trinajstić information content (AvgIpc) is 3.11. The van der Waals surface area contributed by atoms with E-state index in [-0.39, 0.29) is 23.8 Å².